The second-order valence-corrected chi connectivity index (χ2v) is 5.89. The van der Waals surface area contributed by atoms with Gasteiger partial charge in [0.25, 0.3) is 0 Å². The molecule has 2 aromatic rings. The van der Waals surface area contributed by atoms with Crippen molar-refractivity contribution in [2.24, 2.45) is 0 Å². The molecule has 2 rings (SSSR count). The third-order valence-electron chi connectivity index (χ3n) is 2.67. The summed E-state index contributed by atoms with van der Waals surface area (Å²) in [5.41, 5.74) is 0.238. The number of rotatable bonds is 2. The Morgan fingerprint density at radius 2 is 1.71 bits per heavy atom. The molecule has 2 aromatic carbocycles. The van der Waals surface area contributed by atoms with E-state index in [-0.39, 0.29) is 5.69 Å². The maximum Gasteiger partial charge on any atom is 0.416 e. The van der Waals surface area contributed by atoms with E-state index in [0.717, 1.165) is 12.1 Å². The van der Waals surface area contributed by atoms with Crippen LogP contribution in [-0.4, -0.2) is 0 Å². The molecular formula is C14H7Br2F3N2. The highest BCUT2D eigenvalue weighted by Crippen LogP contribution is 2.35. The van der Waals surface area contributed by atoms with Gasteiger partial charge in [0.1, 0.15) is 6.07 Å². The number of alkyl halides is 3. The molecule has 7 heteroatoms. The molecule has 0 aromatic heterocycles. The van der Waals surface area contributed by atoms with E-state index in [1.165, 1.54) is 6.07 Å². The Hall–Kier alpha value is -1.52. The second kappa shape index (κ2) is 6.08. The zero-order chi connectivity index (χ0) is 15.6. The number of halogens is 5. The summed E-state index contributed by atoms with van der Waals surface area (Å²) in [7, 11) is 0. The minimum atomic E-state index is -4.42. The number of nitrogens with zero attached hydrogens (tertiary/aromatic N) is 1. The predicted molar refractivity (Wildman–Crippen MR) is 81.3 cm³/mol. The predicted octanol–water partition coefficient (Wildman–Crippen LogP) is 5.85. The lowest BCUT2D eigenvalue weighted by atomic mass is 10.1. The number of nitrogens with one attached hydrogen (secondary N) is 1. The molecule has 0 radical (unpaired) electrons. The second-order valence-electron chi connectivity index (χ2n) is 4.12. The fourth-order valence-corrected chi connectivity index (χ4v) is 2.37. The lowest BCUT2D eigenvalue weighted by Gasteiger charge is -2.13. The fourth-order valence-electron chi connectivity index (χ4n) is 1.66. The summed E-state index contributed by atoms with van der Waals surface area (Å²) in [5, 5.41) is 11.9. The number of hydrogen-bond donors (Lipinski definition) is 1. The lowest BCUT2D eigenvalue weighted by molar-refractivity contribution is -0.137. The molecule has 108 valence electrons. The van der Waals surface area contributed by atoms with E-state index in [1.807, 2.05) is 6.07 Å². The Morgan fingerprint density at radius 1 is 1.00 bits per heavy atom. The van der Waals surface area contributed by atoms with Crippen LogP contribution in [0.2, 0.25) is 0 Å². The molecule has 0 fully saturated rings. The first kappa shape index (κ1) is 15.9. The Labute approximate surface area is 135 Å². The average molecular weight is 420 g/mol. The van der Waals surface area contributed by atoms with Crippen LogP contribution in [0.3, 0.4) is 0 Å². The summed E-state index contributed by atoms with van der Waals surface area (Å²) < 4.78 is 39.4. The van der Waals surface area contributed by atoms with Gasteiger partial charge in [-0.25, -0.2) is 0 Å². The van der Waals surface area contributed by atoms with Gasteiger partial charge in [-0.1, -0.05) is 15.9 Å². The lowest BCUT2D eigenvalue weighted by Crippen LogP contribution is -2.05. The van der Waals surface area contributed by atoms with Gasteiger partial charge in [-0.3, -0.25) is 0 Å². The monoisotopic (exact) mass is 418 g/mol. The number of nitriles is 1. The standard InChI is InChI=1S/C14H7Br2F3N2/c15-10-2-4-12(8(5-10)7-20)21-13-6-9(14(17,18)19)1-3-11(13)16/h1-6,21H. The highest BCUT2D eigenvalue weighted by Gasteiger charge is 2.30. The molecular weight excluding hydrogens is 413 g/mol. The number of anilines is 2. The van der Waals surface area contributed by atoms with Crippen LogP contribution in [-0.2, 0) is 6.18 Å². The molecule has 0 aliphatic rings. The van der Waals surface area contributed by atoms with Crippen LogP contribution in [0, 0.1) is 11.3 Å². The van der Waals surface area contributed by atoms with Crippen LogP contribution in [0.25, 0.3) is 0 Å². The van der Waals surface area contributed by atoms with Crippen molar-refractivity contribution in [3.05, 3.63) is 56.5 Å². The van der Waals surface area contributed by atoms with Crippen molar-refractivity contribution in [3.8, 4) is 6.07 Å². The van der Waals surface area contributed by atoms with Crippen molar-refractivity contribution in [2.45, 2.75) is 6.18 Å². The van der Waals surface area contributed by atoms with Gasteiger partial charge in [0, 0.05) is 8.95 Å². The summed E-state index contributed by atoms with van der Waals surface area (Å²) in [6.45, 7) is 0. The summed E-state index contributed by atoms with van der Waals surface area (Å²) in [6.07, 6.45) is -4.42. The van der Waals surface area contributed by atoms with Gasteiger partial charge in [-0.15, -0.1) is 0 Å². The van der Waals surface area contributed by atoms with Crippen LogP contribution in [0.1, 0.15) is 11.1 Å². The van der Waals surface area contributed by atoms with E-state index in [0.29, 0.717) is 20.2 Å². The molecule has 0 amide bonds. The maximum atomic E-state index is 12.7. The average Bonchev–Trinajstić information content (AvgIpc) is 2.41. The molecule has 2 nitrogen and oxygen atoms in total. The van der Waals surface area contributed by atoms with E-state index in [2.05, 4.69) is 37.2 Å². The van der Waals surface area contributed by atoms with Gasteiger partial charge in [0.05, 0.1) is 22.5 Å². The summed E-state index contributed by atoms with van der Waals surface area (Å²) in [4.78, 5) is 0. The van der Waals surface area contributed by atoms with E-state index in [4.69, 9.17) is 5.26 Å². The van der Waals surface area contributed by atoms with Gasteiger partial charge in [-0.2, -0.15) is 18.4 Å². The molecule has 0 heterocycles. The Balaban J connectivity index is 2.43. The molecule has 1 N–H and O–H groups in total. The SMILES string of the molecule is N#Cc1cc(Br)ccc1Nc1cc(C(F)(F)F)ccc1Br. The third kappa shape index (κ3) is 3.77. The van der Waals surface area contributed by atoms with Crippen LogP contribution >= 0.6 is 31.9 Å². The van der Waals surface area contributed by atoms with Crippen molar-refractivity contribution in [2.75, 3.05) is 5.32 Å². The number of hydrogen-bond acceptors (Lipinski definition) is 2. The smallest absolute Gasteiger partial charge is 0.354 e. The van der Waals surface area contributed by atoms with Crippen LogP contribution in [0.15, 0.2) is 45.3 Å². The molecule has 0 bridgehead atoms. The van der Waals surface area contributed by atoms with E-state index >= 15 is 0 Å². The first-order chi connectivity index (χ1) is 9.81. The highest BCUT2D eigenvalue weighted by atomic mass is 79.9. The van der Waals surface area contributed by atoms with Gasteiger partial charge in [-0.05, 0) is 52.3 Å². The van der Waals surface area contributed by atoms with E-state index in [9.17, 15) is 13.2 Å². The first-order valence-corrected chi connectivity index (χ1v) is 7.23. The highest BCUT2D eigenvalue weighted by molar-refractivity contribution is 9.10. The van der Waals surface area contributed by atoms with Gasteiger partial charge in [0.15, 0.2) is 0 Å². The fraction of sp³-hybridized carbons (Fsp3) is 0.0714. The third-order valence-corrected chi connectivity index (χ3v) is 3.85. The van der Waals surface area contributed by atoms with Crippen molar-refractivity contribution in [1.82, 2.24) is 0 Å². The topological polar surface area (TPSA) is 35.8 Å². The molecule has 0 spiro atoms. The first-order valence-electron chi connectivity index (χ1n) is 5.64. The maximum absolute atomic E-state index is 12.7. The Kier molecular flexibility index (Phi) is 4.59. The normalized spacial score (nSPS) is 11.0. The molecule has 21 heavy (non-hydrogen) atoms. The molecule has 0 saturated carbocycles. The zero-order valence-corrected chi connectivity index (χ0v) is 13.5. The van der Waals surface area contributed by atoms with E-state index < -0.39 is 11.7 Å². The molecule has 0 unspecified atom stereocenters. The van der Waals surface area contributed by atoms with Crippen molar-refractivity contribution >= 4 is 43.2 Å². The minimum Gasteiger partial charge on any atom is -0.354 e. The van der Waals surface area contributed by atoms with Gasteiger partial charge >= 0.3 is 6.18 Å². The number of benzene rings is 2. The van der Waals surface area contributed by atoms with E-state index in [1.54, 1.807) is 18.2 Å². The van der Waals surface area contributed by atoms with Crippen LogP contribution < -0.4 is 5.32 Å². The van der Waals surface area contributed by atoms with Crippen LogP contribution in [0.4, 0.5) is 24.5 Å². The summed E-state index contributed by atoms with van der Waals surface area (Å²) in [6, 6.07) is 10.2. The van der Waals surface area contributed by atoms with Crippen LogP contribution in [0.5, 0.6) is 0 Å². The van der Waals surface area contributed by atoms with Gasteiger partial charge in [0.2, 0.25) is 0 Å². The molecule has 0 aliphatic heterocycles. The molecule has 0 atom stereocenters. The Bertz CT molecular complexity index is 721. The van der Waals surface area contributed by atoms with Crippen molar-refractivity contribution in [3.63, 3.8) is 0 Å². The van der Waals surface area contributed by atoms with Gasteiger partial charge < -0.3 is 5.32 Å². The van der Waals surface area contributed by atoms with Crippen molar-refractivity contribution in [1.29, 1.82) is 5.26 Å². The zero-order valence-electron chi connectivity index (χ0n) is 10.3. The molecule has 0 aliphatic carbocycles. The Morgan fingerprint density at radius 3 is 2.33 bits per heavy atom. The quantitative estimate of drug-likeness (QED) is 0.663. The largest absolute Gasteiger partial charge is 0.416 e. The molecule has 0 saturated heterocycles. The summed E-state index contributed by atoms with van der Waals surface area (Å²) in [5.74, 6) is 0. The summed E-state index contributed by atoms with van der Waals surface area (Å²) >= 11 is 6.43. The van der Waals surface area contributed by atoms with Crippen molar-refractivity contribution < 1.29 is 13.2 Å². The minimum absolute atomic E-state index is 0.239.